The highest BCUT2D eigenvalue weighted by Crippen LogP contribution is 2.54. The maximum absolute atomic E-state index is 16.9. The number of fused-ring (bicyclic) bond motifs is 1. The molecule has 4 atom stereocenters. The Morgan fingerprint density at radius 1 is 0.980 bits per heavy atom. The van der Waals surface area contributed by atoms with Gasteiger partial charge >= 0.3 is 0 Å². The predicted molar refractivity (Wildman–Crippen MR) is 189 cm³/mol. The van der Waals surface area contributed by atoms with Crippen LogP contribution in [0.25, 0.3) is 11.2 Å². The van der Waals surface area contributed by atoms with E-state index in [1.165, 1.54) is 10.9 Å². The van der Waals surface area contributed by atoms with Gasteiger partial charge in [-0.3, -0.25) is 14.7 Å². The van der Waals surface area contributed by atoms with Gasteiger partial charge in [0.1, 0.15) is 17.1 Å². The summed E-state index contributed by atoms with van der Waals surface area (Å²) >= 11 is 0. The van der Waals surface area contributed by atoms with Crippen LogP contribution in [0.3, 0.4) is 0 Å². The molecule has 2 aromatic heterocycles. The van der Waals surface area contributed by atoms with Crippen molar-refractivity contribution >= 4 is 28.8 Å². The van der Waals surface area contributed by atoms with Crippen LogP contribution in [0.2, 0.25) is 0 Å². The van der Waals surface area contributed by atoms with E-state index in [4.69, 9.17) is 14.2 Å². The number of aliphatic hydroxyl groups excluding tert-OH is 1. The second-order valence-electron chi connectivity index (χ2n) is 13.0. The van der Waals surface area contributed by atoms with E-state index in [-0.39, 0.29) is 29.8 Å². The number of hydrogen-bond acceptors (Lipinski definition) is 9. The molecular formula is C38H43FN6O5. The van der Waals surface area contributed by atoms with E-state index in [0.29, 0.717) is 22.8 Å². The van der Waals surface area contributed by atoms with E-state index in [1.807, 2.05) is 78.9 Å². The molecule has 12 heteroatoms. The monoisotopic (exact) mass is 682 g/mol. The number of anilines is 2. The number of alkyl halides is 1. The van der Waals surface area contributed by atoms with Crippen molar-refractivity contribution in [1.29, 1.82) is 0 Å². The largest absolute Gasteiger partial charge is 0.497 e. The molecule has 3 aromatic carbocycles. The third-order valence-corrected chi connectivity index (χ3v) is 9.89. The summed E-state index contributed by atoms with van der Waals surface area (Å²) < 4.78 is 36.2. The highest BCUT2D eigenvalue weighted by molar-refractivity contribution is 5.92. The van der Waals surface area contributed by atoms with E-state index < -0.39 is 35.9 Å². The van der Waals surface area contributed by atoms with E-state index in [0.717, 1.165) is 16.7 Å². The predicted octanol–water partition coefficient (Wildman–Crippen LogP) is 6.14. The van der Waals surface area contributed by atoms with Crippen LogP contribution >= 0.6 is 0 Å². The minimum Gasteiger partial charge on any atom is -0.497 e. The standard InChI is InChI=1S/C38H43FN6O5/c1-23(2)34(47)44-36-42-32(40-4)31-33(43-36)45(22-41-31)35-30(39)24(3)37(21-46,50-35)20-38(25-10-8-7-9-11-25,26-12-16-28(48-5)17-13-26)27-14-18-29(49-6)19-15-27/h7-19,22-24,30,35,46H,20-21H2,1-6H3,(H2,40,42,43,44,47)/t24-,30+,35+,37+/m0/s1. The summed E-state index contributed by atoms with van der Waals surface area (Å²) in [4.78, 5) is 26.0. The second-order valence-corrected chi connectivity index (χ2v) is 13.0. The molecule has 11 nitrogen and oxygen atoms in total. The lowest BCUT2D eigenvalue weighted by molar-refractivity contribution is -0.121. The average molecular weight is 683 g/mol. The van der Waals surface area contributed by atoms with Crippen LogP contribution in [0.4, 0.5) is 16.2 Å². The van der Waals surface area contributed by atoms with Crippen LogP contribution in [0.1, 0.15) is 50.1 Å². The van der Waals surface area contributed by atoms with Gasteiger partial charge in [0.25, 0.3) is 0 Å². The Balaban J connectivity index is 1.50. The van der Waals surface area contributed by atoms with Crippen LogP contribution in [0.5, 0.6) is 11.5 Å². The summed E-state index contributed by atoms with van der Waals surface area (Å²) in [5.41, 5.74) is 1.10. The maximum Gasteiger partial charge on any atom is 0.233 e. The van der Waals surface area contributed by atoms with Gasteiger partial charge in [0, 0.05) is 24.3 Å². The molecule has 0 aliphatic carbocycles. The van der Waals surface area contributed by atoms with Gasteiger partial charge in [-0.05, 0) is 47.4 Å². The van der Waals surface area contributed by atoms with Crippen molar-refractivity contribution in [3.63, 3.8) is 0 Å². The summed E-state index contributed by atoms with van der Waals surface area (Å²) in [5, 5.41) is 17.1. The molecule has 0 saturated carbocycles. The number of aliphatic hydroxyl groups is 1. The molecule has 1 saturated heterocycles. The van der Waals surface area contributed by atoms with Gasteiger partial charge in [-0.1, -0.05) is 75.4 Å². The molecular weight excluding hydrogens is 639 g/mol. The molecule has 0 unspecified atom stereocenters. The lowest BCUT2D eigenvalue weighted by Crippen LogP contribution is -2.47. The van der Waals surface area contributed by atoms with Gasteiger partial charge in [-0.2, -0.15) is 9.97 Å². The summed E-state index contributed by atoms with van der Waals surface area (Å²) in [6.07, 6.45) is -1.13. The zero-order valence-electron chi connectivity index (χ0n) is 29.1. The first-order chi connectivity index (χ1) is 24.1. The molecule has 5 aromatic rings. The molecule has 1 amide bonds. The van der Waals surface area contributed by atoms with E-state index >= 15 is 4.39 Å². The maximum atomic E-state index is 16.9. The SMILES string of the molecule is CNc1nc(NC(=O)C(C)C)nc2c1ncn2[C@@H]1O[C@@](CO)(CC(c2ccccc2)(c2ccc(OC)cc2)c2ccc(OC)cc2)[C@@H](C)[C@H]1F. The highest BCUT2D eigenvalue weighted by Gasteiger charge is 2.58. The lowest BCUT2D eigenvalue weighted by atomic mass is 9.62. The zero-order chi connectivity index (χ0) is 35.6. The zero-order valence-corrected chi connectivity index (χ0v) is 29.1. The van der Waals surface area contributed by atoms with E-state index in [2.05, 4.69) is 25.6 Å². The lowest BCUT2D eigenvalue weighted by Gasteiger charge is -2.44. The first kappa shape index (κ1) is 34.8. The minimum absolute atomic E-state index is 0.0549. The molecule has 3 N–H and O–H groups in total. The number of carbonyl (C=O) groups is 1. The molecule has 1 fully saturated rings. The van der Waals surface area contributed by atoms with Gasteiger partial charge in [0.2, 0.25) is 11.9 Å². The van der Waals surface area contributed by atoms with Gasteiger partial charge in [-0.15, -0.1) is 0 Å². The number of halogens is 1. The third kappa shape index (κ3) is 6.02. The Kier molecular flexibility index (Phi) is 9.77. The molecule has 6 rings (SSSR count). The number of ether oxygens (including phenoxy) is 3. The van der Waals surface area contributed by atoms with E-state index in [1.54, 1.807) is 42.0 Å². The summed E-state index contributed by atoms with van der Waals surface area (Å²) in [6.45, 7) is 4.83. The Morgan fingerprint density at radius 3 is 2.08 bits per heavy atom. The first-order valence-electron chi connectivity index (χ1n) is 16.6. The van der Waals surface area contributed by atoms with Crippen molar-refractivity contribution in [1.82, 2.24) is 19.5 Å². The molecule has 0 radical (unpaired) electrons. The van der Waals surface area contributed by atoms with Crippen molar-refractivity contribution in [2.24, 2.45) is 11.8 Å². The summed E-state index contributed by atoms with van der Waals surface area (Å²) in [7, 11) is 4.91. The van der Waals surface area contributed by atoms with Crippen molar-refractivity contribution in [2.45, 2.75) is 50.6 Å². The number of nitrogens with one attached hydrogen (secondary N) is 2. The summed E-state index contributed by atoms with van der Waals surface area (Å²) in [5.74, 6) is 0.452. The molecule has 50 heavy (non-hydrogen) atoms. The van der Waals surface area contributed by atoms with Crippen LogP contribution < -0.4 is 20.1 Å². The Labute approximate surface area is 290 Å². The van der Waals surface area contributed by atoms with Crippen LogP contribution in [0.15, 0.2) is 85.2 Å². The van der Waals surface area contributed by atoms with Crippen molar-refractivity contribution in [3.05, 3.63) is 102 Å². The Morgan fingerprint density at radius 2 is 1.56 bits per heavy atom. The van der Waals surface area contributed by atoms with Gasteiger partial charge < -0.3 is 24.6 Å². The van der Waals surface area contributed by atoms with Crippen molar-refractivity contribution in [3.8, 4) is 11.5 Å². The number of imidazole rings is 1. The molecule has 3 heterocycles. The second kappa shape index (κ2) is 14.0. The third-order valence-electron chi connectivity index (χ3n) is 9.89. The Hall–Kier alpha value is -5.07. The fraction of sp³-hybridized carbons (Fsp3) is 0.368. The van der Waals surface area contributed by atoms with Gasteiger partial charge in [0.05, 0.1) is 27.2 Å². The number of aromatic nitrogens is 4. The average Bonchev–Trinajstić information content (AvgIpc) is 3.68. The number of nitrogens with zero attached hydrogens (tertiary/aromatic N) is 4. The van der Waals surface area contributed by atoms with Crippen LogP contribution in [-0.4, -0.2) is 70.2 Å². The molecule has 1 aliphatic heterocycles. The van der Waals surface area contributed by atoms with Gasteiger partial charge in [-0.25, -0.2) is 9.37 Å². The first-order valence-corrected chi connectivity index (χ1v) is 16.6. The molecule has 0 bridgehead atoms. The highest BCUT2D eigenvalue weighted by atomic mass is 19.1. The van der Waals surface area contributed by atoms with Crippen LogP contribution in [0, 0.1) is 11.8 Å². The molecule has 1 aliphatic rings. The number of amides is 1. The van der Waals surface area contributed by atoms with Crippen LogP contribution in [-0.2, 0) is 14.9 Å². The number of carbonyl (C=O) groups excluding carboxylic acids is 1. The topological polar surface area (TPSA) is 133 Å². The quantitative estimate of drug-likeness (QED) is 0.133. The minimum atomic E-state index is -1.57. The molecule has 262 valence electrons. The van der Waals surface area contributed by atoms with Crippen molar-refractivity contribution < 1.29 is 28.5 Å². The summed E-state index contributed by atoms with van der Waals surface area (Å²) in [6, 6.07) is 25.5. The number of rotatable bonds is 12. The molecule has 0 spiro atoms. The number of benzene rings is 3. The van der Waals surface area contributed by atoms with Crippen molar-refractivity contribution in [2.75, 3.05) is 38.5 Å². The number of methoxy groups -OCH3 is 2. The van der Waals surface area contributed by atoms with E-state index in [9.17, 15) is 9.90 Å². The fourth-order valence-electron chi connectivity index (χ4n) is 6.92. The van der Waals surface area contributed by atoms with Gasteiger partial charge in [0.15, 0.2) is 29.4 Å². The Bertz CT molecular complexity index is 1890. The smallest absolute Gasteiger partial charge is 0.233 e. The fourth-order valence-corrected chi connectivity index (χ4v) is 6.92. The number of hydrogen-bond donors (Lipinski definition) is 3. The normalized spacial score (nSPS) is 20.6.